The minimum absolute atomic E-state index is 0.691. The van der Waals surface area contributed by atoms with Gasteiger partial charge in [0.15, 0.2) is 5.82 Å². The molecule has 0 aliphatic carbocycles. The van der Waals surface area contributed by atoms with Gasteiger partial charge in [0.25, 0.3) is 0 Å². The summed E-state index contributed by atoms with van der Waals surface area (Å²) in [4.78, 5) is 15.8. The average molecular weight is 853 g/mol. The zero-order valence-corrected chi connectivity index (χ0v) is 36.4. The first-order chi connectivity index (χ1) is 33.2. The normalized spacial score (nSPS) is 11.6. The van der Waals surface area contributed by atoms with E-state index in [9.17, 15) is 0 Å². The third-order valence-electron chi connectivity index (χ3n) is 13.2. The van der Waals surface area contributed by atoms with Crippen LogP contribution in [0.3, 0.4) is 0 Å². The molecule has 67 heavy (non-hydrogen) atoms. The molecule has 0 bridgehead atoms. The van der Waals surface area contributed by atoms with Crippen LogP contribution < -0.4 is 0 Å². The summed E-state index contributed by atoms with van der Waals surface area (Å²) in [6.45, 7) is 0. The van der Waals surface area contributed by atoms with Crippen LogP contribution >= 0.6 is 0 Å². The van der Waals surface area contributed by atoms with Crippen molar-refractivity contribution in [3.63, 3.8) is 0 Å². The fourth-order valence-corrected chi connectivity index (χ4v) is 10.0. The third-order valence-corrected chi connectivity index (χ3v) is 13.2. The van der Waals surface area contributed by atoms with Crippen molar-refractivity contribution >= 4 is 54.3 Å². The lowest BCUT2D eigenvalue weighted by Gasteiger charge is -2.16. The first kappa shape index (κ1) is 38.5. The zero-order chi connectivity index (χ0) is 44.3. The van der Waals surface area contributed by atoms with Crippen molar-refractivity contribution in [2.24, 2.45) is 0 Å². The van der Waals surface area contributed by atoms with E-state index < -0.39 is 0 Å². The molecule has 3 heterocycles. The summed E-state index contributed by atoms with van der Waals surface area (Å²) in [7, 11) is 0. The number of hydrogen-bond donors (Lipinski definition) is 0. The van der Waals surface area contributed by atoms with Gasteiger partial charge in [-0.15, -0.1) is 0 Å². The molecule has 0 aliphatic heterocycles. The summed E-state index contributed by atoms with van der Waals surface area (Å²) < 4.78 is 2.38. The molecule has 0 fully saturated rings. The van der Waals surface area contributed by atoms with Gasteiger partial charge in [0.1, 0.15) is 0 Å². The Kier molecular flexibility index (Phi) is 9.14. The largest absolute Gasteiger partial charge is 0.309 e. The lowest BCUT2D eigenvalue weighted by atomic mass is 9.92. The Morgan fingerprint density at radius 3 is 1.57 bits per heavy atom. The smallest absolute Gasteiger partial charge is 0.160 e. The van der Waals surface area contributed by atoms with Crippen LogP contribution in [-0.4, -0.2) is 19.5 Å². The van der Waals surface area contributed by atoms with Gasteiger partial charge < -0.3 is 4.57 Å². The van der Waals surface area contributed by atoms with Crippen LogP contribution in [0.1, 0.15) is 0 Å². The van der Waals surface area contributed by atoms with Gasteiger partial charge in [-0.1, -0.05) is 206 Å². The van der Waals surface area contributed by atoms with Crippen LogP contribution in [0.25, 0.3) is 127 Å². The first-order valence-corrected chi connectivity index (χ1v) is 22.8. The molecule has 0 N–H and O–H groups in total. The van der Waals surface area contributed by atoms with Gasteiger partial charge in [0.05, 0.1) is 33.6 Å². The fourth-order valence-electron chi connectivity index (χ4n) is 10.0. The highest BCUT2D eigenvalue weighted by Crippen LogP contribution is 2.42. The van der Waals surface area contributed by atoms with Crippen molar-refractivity contribution in [3.05, 3.63) is 243 Å². The second kappa shape index (κ2) is 15.9. The number of hydrogen-bond acceptors (Lipinski definition) is 3. The SMILES string of the molecule is c1ccc(-c2cc(-c3ccccc3)nc(-c3ccc(-c4cccc(-c5nc6c(-c7cccc(-n8c9ccccc9c9ccccc98)c7)cccc6c6c5ccc5ccccc56)c4)cc3)n2)cc1. The molecule has 13 aromatic rings. The van der Waals surface area contributed by atoms with Crippen LogP contribution in [0.2, 0.25) is 0 Å². The Morgan fingerprint density at radius 2 is 0.851 bits per heavy atom. The number of nitrogens with zero attached hydrogens (tertiary/aromatic N) is 4. The minimum atomic E-state index is 0.691. The number of pyridine rings is 1. The molecule has 0 saturated heterocycles. The Morgan fingerprint density at radius 1 is 0.299 bits per heavy atom. The van der Waals surface area contributed by atoms with Gasteiger partial charge in [-0.2, -0.15) is 0 Å². The van der Waals surface area contributed by atoms with Crippen LogP contribution in [-0.2, 0) is 0 Å². The van der Waals surface area contributed by atoms with Gasteiger partial charge in [0.2, 0.25) is 0 Å². The van der Waals surface area contributed by atoms with Crippen LogP contribution in [0.4, 0.5) is 0 Å². The number of benzene rings is 10. The van der Waals surface area contributed by atoms with Crippen LogP contribution in [0, 0.1) is 0 Å². The maximum atomic E-state index is 5.68. The van der Waals surface area contributed by atoms with Crippen molar-refractivity contribution in [3.8, 4) is 73.1 Å². The summed E-state index contributed by atoms with van der Waals surface area (Å²) in [6, 6.07) is 86.3. The molecular weight excluding hydrogens is 813 g/mol. The molecule has 10 aromatic carbocycles. The van der Waals surface area contributed by atoms with Crippen LogP contribution in [0.5, 0.6) is 0 Å². The van der Waals surface area contributed by atoms with E-state index in [1.165, 1.54) is 38.0 Å². The summed E-state index contributed by atoms with van der Waals surface area (Å²) in [6.07, 6.45) is 0. The molecular formula is C63H40N4. The molecule has 0 unspecified atom stereocenters. The third kappa shape index (κ3) is 6.65. The highest BCUT2D eigenvalue weighted by atomic mass is 15.0. The number of aromatic nitrogens is 4. The van der Waals surface area contributed by atoms with E-state index in [0.29, 0.717) is 5.82 Å². The fraction of sp³-hybridized carbons (Fsp3) is 0. The topological polar surface area (TPSA) is 43.6 Å². The second-order valence-corrected chi connectivity index (χ2v) is 17.1. The molecule has 0 aliphatic rings. The molecule has 0 atom stereocenters. The van der Waals surface area contributed by atoms with E-state index in [2.05, 4.69) is 211 Å². The predicted octanol–water partition coefficient (Wildman–Crippen LogP) is 16.4. The van der Waals surface area contributed by atoms with Gasteiger partial charge in [-0.05, 0) is 63.9 Å². The molecule has 0 spiro atoms. The predicted molar refractivity (Wildman–Crippen MR) is 279 cm³/mol. The van der Waals surface area contributed by atoms with E-state index in [1.54, 1.807) is 0 Å². The Bertz CT molecular complexity index is 3910. The number of rotatable bonds is 7. The van der Waals surface area contributed by atoms with Gasteiger partial charge in [-0.25, -0.2) is 15.0 Å². The Labute approximate surface area is 387 Å². The van der Waals surface area contributed by atoms with E-state index in [-0.39, 0.29) is 0 Å². The maximum absolute atomic E-state index is 5.68. The summed E-state index contributed by atoms with van der Waals surface area (Å²) in [5.41, 5.74) is 15.8. The molecule has 312 valence electrons. The molecule has 4 nitrogen and oxygen atoms in total. The zero-order valence-electron chi connectivity index (χ0n) is 36.4. The van der Waals surface area contributed by atoms with Crippen molar-refractivity contribution < 1.29 is 0 Å². The van der Waals surface area contributed by atoms with E-state index in [0.717, 1.165) is 83.6 Å². The average Bonchev–Trinajstić information content (AvgIpc) is 3.75. The summed E-state index contributed by atoms with van der Waals surface area (Å²) in [5.74, 6) is 0.691. The number of para-hydroxylation sites is 3. The quantitative estimate of drug-likeness (QED) is 0.150. The Balaban J connectivity index is 0.940. The van der Waals surface area contributed by atoms with E-state index >= 15 is 0 Å². The summed E-state index contributed by atoms with van der Waals surface area (Å²) in [5, 5.41) is 8.38. The Hall–Kier alpha value is -8.99. The molecule has 13 rings (SSSR count). The molecule has 4 heteroatoms. The highest BCUT2D eigenvalue weighted by molar-refractivity contribution is 6.24. The van der Waals surface area contributed by atoms with Gasteiger partial charge >= 0.3 is 0 Å². The summed E-state index contributed by atoms with van der Waals surface area (Å²) >= 11 is 0. The standard InChI is InChI=1S/C63H40N4/c1-3-17-43(18-4-1)56-40-57(44-19-5-2-6-20-44)65-63(64-56)45-34-32-41(33-35-45)46-21-13-23-48(38-46)61-55-37-36-42-16-7-8-25-50(42)60(55)54-29-15-28-51(62(54)66-61)47-22-14-24-49(39-47)67-58-30-11-9-26-52(58)53-27-10-12-31-59(53)67/h1-40H. The lowest BCUT2D eigenvalue weighted by molar-refractivity contribution is 1.18. The maximum Gasteiger partial charge on any atom is 0.160 e. The highest BCUT2D eigenvalue weighted by Gasteiger charge is 2.19. The van der Waals surface area contributed by atoms with Crippen molar-refractivity contribution in [1.29, 1.82) is 0 Å². The van der Waals surface area contributed by atoms with Crippen molar-refractivity contribution in [2.75, 3.05) is 0 Å². The van der Waals surface area contributed by atoms with Crippen LogP contribution in [0.15, 0.2) is 243 Å². The minimum Gasteiger partial charge on any atom is -0.309 e. The second-order valence-electron chi connectivity index (χ2n) is 17.1. The molecule has 3 aromatic heterocycles. The van der Waals surface area contributed by atoms with Crippen molar-refractivity contribution in [2.45, 2.75) is 0 Å². The van der Waals surface area contributed by atoms with E-state index in [1.807, 2.05) is 36.4 Å². The van der Waals surface area contributed by atoms with Crippen molar-refractivity contribution in [1.82, 2.24) is 19.5 Å². The van der Waals surface area contributed by atoms with Gasteiger partial charge in [-0.3, -0.25) is 0 Å². The molecule has 0 amide bonds. The monoisotopic (exact) mass is 852 g/mol. The van der Waals surface area contributed by atoms with Gasteiger partial charge in [0, 0.05) is 60.4 Å². The lowest BCUT2D eigenvalue weighted by Crippen LogP contribution is -1.96. The molecule has 0 saturated carbocycles. The number of fused-ring (bicyclic) bond motifs is 8. The first-order valence-electron chi connectivity index (χ1n) is 22.8. The molecule has 0 radical (unpaired) electrons. The van der Waals surface area contributed by atoms with E-state index in [4.69, 9.17) is 15.0 Å².